The first kappa shape index (κ1) is 17.0. The van der Waals surface area contributed by atoms with Crippen molar-refractivity contribution < 1.29 is 19.4 Å². The van der Waals surface area contributed by atoms with Gasteiger partial charge in [-0.05, 0) is 43.9 Å². The Morgan fingerprint density at radius 2 is 2.00 bits per heavy atom. The van der Waals surface area contributed by atoms with Crippen molar-refractivity contribution in [3.05, 3.63) is 29.8 Å². The van der Waals surface area contributed by atoms with Crippen LogP contribution < -0.4 is 10.1 Å². The molecule has 0 bridgehead atoms. The van der Waals surface area contributed by atoms with E-state index in [0.717, 1.165) is 17.7 Å². The molecule has 5 heteroatoms. The molecule has 21 heavy (non-hydrogen) atoms. The Hall–Kier alpha value is -2.04. The van der Waals surface area contributed by atoms with Gasteiger partial charge in [0.15, 0.2) is 0 Å². The van der Waals surface area contributed by atoms with Gasteiger partial charge < -0.3 is 15.2 Å². The number of benzene rings is 1. The number of carboxylic acid groups (broad SMARTS) is 1. The first-order valence-electron chi connectivity index (χ1n) is 7.15. The van der Waals surface area contributed by atoms with E-state index in [1.54, 1.807) is 7.11 Å². The summed E-state index contributed by atoms with van der Waals surface area (Å²) in [6, 6.07) is 7.79. The molecule has 1 amide bonds. The molecule has 0 aliphatic rings. The Labute approximate surface area is 125 Å². The molecule has 1 unspecified atom stereocenters. The summed E-state index contributed by atoms with van der Waals surface area (Å²) in [5.41, 5.74) is 1.10. The third-order valence-corrected chi connectivity index (χ3v) is 3.13. The molecule has 0 aliphatic heterocycles. The van der Waals surface area contributed by atoms with Gasteiger partial charge in [-0.1, -0.05) is 12.1 Å². The van der Waals surface area contributed by atoms with Crippen LogP contribution in [0.3, 0.4) is 0 Å². The van der Waals surface area contributed by atoms with Crippen molar-refractivity contribution in [2.45, 2.75) is 45.1 Å². The molecule has 116 valence electrons. The zero-order chi connectivity index (χ0) is 15.7. The van der Waals surface area contributed by atoms with Crippen molar-refractivity contribution in [1.29, 1.82) is 0 Å². The number of carbonyl (C=O) groups is 2. The molecule has 1 rings (SSSR count). The molecule has 2 N–H and O–H groups in total. The Morgan fingerprint density at radius 1 is 1.29 bits per heavy atom. The van der Waals surface area contributed by atoms with Crippen molar-refractivity contribution in [2.24, 2.45) is 0 Å². The number of amides is 1. The molecule has 0 heterocycles. The lowest BCUT2D eigenvalue weighted by molar-refractivity contribution is -0.137. The SMILES string of the molecule is COc1cccc(CC(C)NC(=O)CCCCC(=O)O)c1. The van der Waals surface area contributed by atoms with Crippen molar-refractivity contribution >= 4 is 11.9 Å². The van der Waals surface area contributed by atoms with Gasteiger partial charge in [-0.3, -0.25) is 9.59 Å². The zero-order valence-electron chi connectivity index (χ0n) is 12.6. The van der Waals surface area contributed by atoms with Crippen molar-refractivity contribution in [1.82, 2.24) is 5.32 Å². The minimum absolute atomic E-state index is 0.0316. The molecule has 1 atom stereocenters. The minimum Gasteiger partial charge on any atom is -0.497 e. The number of hydrogen-bond donors (Lipinski definition) is 2. The molecular weight excluding hydrogens is 270 g/mol. The number of methoxy groups -OCH3 is 1. The zero-order valence-corrected chi connectivity index (χ0v) is 12.6. The number of unbranched alkanes of at least 4 members (excludes halogenated alkanes) is 1. The predicted molar refractivity (Wildman–Crippen MR) is 80.4 cm³/mol. The van der Waals surface area contributed by atoms with E-state index in [1.165, 1.54) is 0 Å². The summed E-state index contributed by atoms with van der Waals surface area (Å²) in [6.45, 7) is 1.95. The quantitative estimate of drug-likeness (QED) is 0.685. The number of ether oxygens (including phenoxy) is 1. The lowest BCUT2D eigenvalue weighted by Crippen LogP contribution is -2.33. The lowest BCUT2D eigenvalue weighted by Gasteiger charge is -2.14. The van der Waals surface area contributed by atoms with Gasteiger partial charge in [-0.25, -0.2) is 0 Å². The van der Waals surface area contributed by atoms with Gasteiger partial charge in [0, 0.05) is 18.9 Å². The Morgan fingerprint density at radius 3 is 2.67 bits per heavy atom. The fourth-order valence-electron chi connectivity index (χ4n) is 2.11. The van der Waals surface area contributed by atoms with Crippen LogP contribution in [0.25, 0.3) is 0 Å². The summed E-state index contributed by atoms with van der Waals surface area (Å²) in [5.74, 6) is -0.0442. The van der Waals surface area contributed by atoms with Gasteiger partial charge in [0.25, 0.3) is 0 Å². The first-order valence-corrected chi connectivity index (χ1v) is 7.15. The average Bonchev–Trinajstić information content (AvgIpc) is 2.43. The monoisotopic (exact) mass is 293 g/mol. The van der Waals surface area contributed by atoms with E-state index in [9.17, 15) is 9.59 Å². The standard InChI is InChI=1S/C16H23NO4/c1-12(10-13-6-5-7-14(11-13)21-2)17-15(18)8-3-4-9-16(19)20/h5-7,11-12H,3-4,8-10H2,1-2H3,(H,17,18)(H,19,20). The van der Waals surface area contributed by atoms with E-state index < -0.39 is 5.97 Å². The molecule has 5 nitrogen and oxygen atoms in total. The minimum atomic E-state index is -0.818. The third kappa shape index (κ3) is 7.34. The van der Waals surface area contributed by atoms with Crippen LogP contribution in [-0.4, -0.2) is 30.1 Å². The number of aliphatic carboxylic acids is 1. The summed E-state index contributed by atoms with van der Waals surface area (Å²) < 4.78 is 5.17. The van der Waals surface area contributed by atoms with Crippen molar-refractivity contribution in [2.75, 3.05) is 7.11 Å². The average molecular weight is 293 g/mol. The topological polar surface area (TPSA) is 75.6 Å². The largest absolute Gasteiger partial charge is 0.497 e. The summed E-state index contributed by atoms with van der Waals surface area (Å²) in [6.07, 6.45) is 2.36. The van der Waals surface area contributed by atoms with E-state index in [0.29, 0.717) is 19.3 Å². The molecule has 0 spiro atoms. The molecule has 0 saturated heterocycles. The van der Waals surface area contributed by atoms with Gasteiger partial charge >= 0.3 is 5.97 Å². The molecule has 0 aromatic heterocycles. The van der Waals surface area contributed by atoms with Crippen LogP contribution in [0.1, 0.15) is 38.2 Å². The van der Waals surface area contributed by atoms with Crippen LogP contribution in [0, 0.1) is 0 Å². The van der Waals surface area contributed by atoms with Crippen molar-refractivity contribution in [3.8, 4) is 5.75 Å². The van der Waals surface area contributed by atoms with E-state index in [1.807, 2.05) is 31.2 Å². The fraction of sp³-hybridized carbons (Fsp3) is 0.500. The number of nitrogens with one attached hydrogen (secondary N) is 1. The highest BCUT2D eigenvalue weighted by atomic mass is 16.5. The molecule has 0 aliphatic carbocycles. The Bertz CT molecular complexity index is 473. The van der Waals surface area contributed by atoms with Gasteiger partial charge in [0.1, 0.15) is 5.75 Å². The second-order valence-corrected chi connectivity index (χ2v) is 5.13. The van der Waals surface area contributed by atoms with E-state index in [-0.39, 0.29) is 18.4 Å². The maximum atomic E-state index is 11.7. The van der Waals surface area contributed by atoms with Gasteiger partial charge in [0.05, 0.1) is 7.11 Å². The second-order valence-electron chi connectivity index (χ2n) is 5.13. The number of carboxylic acids is 1. The highest BCUT2D eigenvalue weighted by molar-refractivity contribution is 5.76. The van der Waals surface area contributed by atoms with E-state index in [4.69, 9.17) is 9.84 Å². The second kappa shape index (κ2) is 9.00. The van der Waals surface area contributed by atoms with E-state index >= 15 is 0 Å². The van der Waals surface area contributed by atoms with Crippen LogP contribution in [-0.2, 0) is 16.0 Å². The van der Waals surface area contributed by atoms with Gasteiger partial charge in [-0.15, -0.1) is 0 Å². The highest BCUT2D eigenvalue weighted by Crippen LogP contribution is 2.14. The first-order chi connectivity index (χ1) is 10.0. The maximum Gasteiger partial charge on any atom is 0.303 e. The summed E-state index contributed by atoms with van der Waals surface area (Å²) in [7, 11) is 1.63. The predicted octanol–water partition coefficient (Wildman–Crippen LogP) is 2.39. The third-order valence-electron chi connectivity index (χ3n) is 3.13. The van der Waals surface area contributed by atoms with E-state index in [2.05, 4.69) is 5.32 Å². The Balaban J connectivity index is 2.30. The maximum absolute atomic E-state index is 11.7. The molecular formula is C16H23NO4. The lowest BCUT2D eigenvalue weighted by atomic mass is 10.1. The highest BCUT2D eigenvalue weighted by Gasteiger charge is 2.09. The summed E-state index contributed by atoms with van der Waals surface area (Å²) >= 11 is 0. The van der Waals surface area contributed by atoms with Gasteiger partial charge in [0.2, 0.25) is 5.91 Å². The Kier molecular flexibility index (Phi) is 7.29. The summed E-state index contributed by atoms with van der Waals surface area (Å²) in [4.78, 5) is 22.1. The van der Waals surface area contributed by atoms with Crippen LogP contribution in [0.2, 0.25) is 0 Å². The summed E-state index contributed by atoms with van der Waals surface area (Å²) in [5, 5.41) is 11.4. The molecule has 1 aromatic rings. The van der Waals surface area contributed by atoms with Crippen LogP contribution in [0.4, 0.5) is 0 Å². The number of hydrogen-bond acceptors (Lipinski definition) is 3. The number of carbonyl (C=O) groups excluding carboxylic acids is 1. The van der Waals surface area contributed by atoms with Crippen molar-refractivity contribution in [3.63, 3.8) is 0 Å². The van der Waals surface area contributed by atoms with Crippen LogP contribution in [0.5, 0.6) is 5.75 Å². The molecule has 0 saturated carbocycles. The van der Waals surface area contributed by atoms with Gasteiger partial charge in [-0.2, -0.15) is 0 Å². The van der Waals surface area contributed by atoms with Crippen LogP contribution >= 0.6 is 0 Å². The molecule has 1 aromatic carbocycles. The normalized spacial score (nSPS) is 11.7. The molecule has 0 radical (unpaired) electrons. The number of rotatable bonds is 9. The van der Waals surface area contributed by atoms with Crippen LogP contribution in [0.15, 0.2) is 24.3 Å². The molecule has 0 fully saturated rings. The fourth-order valence-corrected chi connectivity index (χ4v) is 2.11. The smallest absolute Gasteiger partial charge is 0.303 e.